The number of thiol groups is 1. The molecular formula is C36H47N5O3S. The summed E-state index contributed by atoms with van der Waals surface area (Å²) in [6.07, 6.45) is 12.1. The van der Waals surface area contributed by atoms with E-state index in [1.807, 2.05) is 50.9 Å². The molecule has 1 aliphatic carbocycles. The molecule has 1 saturated carbocycles. The number of hydrogen-bond donors (Lipinski definition) is 3. The van der Waals surface area contributed by atoms with Gasteiger partial charge < -0.3 is 20.2 Å². The molecule has 240 valence electrons. The summed E-state index contributed by atoms with van der Waals surface area (Å²) in [4.78, 5) is 37.7. The highest BCUT2D eigenvalue weighted by Gasteiger charge is 2.27. The second kappa shape index (κ2) is 16.4. The molecule has 0 bridgehead atoms. The van der Waals surface area contributed by atoms with Crippen LogP contribution in [0.3, 0.4) is 0 Å². The first-order valence-corrected chi connectivity index (χ1v) is 16.2. The van der Waals surface area contributed by atoms with Crippen molar-refractivity contribution in [1.29, 1.82) is 5.41 Å². The van der Waals surface area contributed by atoms with Crippen LogP contribution in [0.25, 0.3) is 15.8 Å². The predicted octanol–water partition coefficient (Wildman–Crippen LogP) is 7.62. The molecule has 9 heteroatoms. The number of nitroso groups, excluding NO2 is 1. The molecule has 0 aliphatic heterocycles. The van der Waals surface area contributed by atoms with E-state index in [2.05, 4.69) is 59.9 Å². The fraction of sp³-hybridized carbons (Fsp3) is 0.472. The number of aromatic nitrogens is 1. The number of fused-ring (bicyclic) bond motifs is 1. The molecule has 45 heavy (non-hydrogen) atoms. The van der Waals surface area contributed by atoms with E-state index in [1.54, 1.807) is 0 Å². The van der Waals surface area contributed by atoms with Crippen molar-refractivity contribution in [3.63, 3.8) is 0 Å². The first-order chi connectivity index (χ1) is 21.4. The zero-order chi connectivity index (χ0) is 33.3. The smallest absolute Gasteiger partial charge is 0.309 e. The standard InChI is InChI=1S/C36H47N5O3S/c1-8-27(17-14-24(5)15-19-33(42)39-44)40(6)22-29(37)30(9-2)38-36(43)26-16-18-28-31(21-26)41(7)35(32(45)20-23(3)4)34(28)25-12-10-11-13-25/h8,15-16,18-21,23-25,30,37,45H,9-13,22H2,1-7H3,(H,38,43)/b19-15+,27-8+,32-20-,37-29?. The van der Waals surface area contributed by atoms with Crippen molar-refractivity contribution >= 4 is 46.0 Å². The molecule has 2 amide bonds. The maximum atomic E-state index is 13.5. The number of nitrogens with one attached hydrogen (secondary N) is 2. The molecule has 0 spiro atoms. The van der Waals surface area contributed by atoms with Gasteiger partial charge in [0.1, 0.15) is 0 Å². The van der Waals surface area contributed by atoms with Crippen LogP contribution in [-0.4, -0.2) is 46.6 Å². The second-order valence-electron chi connectivity index (χ2n) is 12.2. The Morgan fingerprint density at radius 2 is 1.93 bits per heavy atom. The fourth-order valence-electron chi connectivity index (χ4n) is 5.95. The van der Waals surface area contributed by atoms with Crippen molar-refractivity contribution < 1.29 is 9.59 Å². The van der Waals surface area contributed by atoms with Gasteiger partial charge >= 0.3 is 5.91 Å². The zero-order valence-electron chi connectivity index (χ0n) is 27.6. The average Bonchev–Trinajstić information content (AvgIpc) is 3.64. The van der Waals surface area contributed by atoms with Crippen LogP contribution in [0.1, 0.15) is 94.3 Å². The highest BCUT2D eigenvalue weighted by Crippen LogP contribution is 2.44. The van der Waals surface area contributed by atoms with Crippen molar-refractivity contribution in [2.45, 2.75) is 78.7 Å². The Hall–Kier alpha value is -3.90. The maximum Gasteiger partial charge on any atom is 0.309 e. The number of allylic oxidation sites excluding steroid dienone is 4. The number of nitrogens with zero attached hydrogens (tertiary/aromatic N) is 3. The van der Waals surface area contributed by atoms with Gasteiger partial charge in [-0.15, -0.1) is 17.5 Å². The molecule has 2 N–H and O–H groups in total. The van der Waals surface area contributed by atoms with Crippen molar-refractivity contribution in [2.24, 2.45) is 24.1 Å². The van der Waals surface area contributed by atoms with E-state index in [0.717, 1.165) is 22.2 Å². The van der Waals surface area contributed by atoms with Gasteiger partial charge in [0.25, 0.3) is 5.91 Å². The number of rotatable bonds is 12. The Morgan fingerprint density at radius 3 is 2.53 bits per heavy atom. The second-order valence-corrected chi connectivity index (χ2v) is 12.6. The minimum atomic E-state index is -0.846. The van der Waals surface area contributed by atoms with Gasteiger partial charge in [-0.2, -0.15) is 0 Å². The third-order valence-electron chi connectivity index (χ3n) is 8.27. The molecule has 0 saturated heterocycles. The third kappa shape index (κ3) is 9.07. The Labute approximate surface area is 273 Å². The molecule has 1 heterocycles. The minimum Gasteiger partial charge on any atom is -0.362 e. The number of carbonyl (C=O) groups is 2. The number of carbonyl (C=O) groups excluding carboxylic acids is 2. The lowest BCUT2D eigenvalue weighted by molar-refractivity contribution is -0.113. The van der Waals surface area contributed by atoms with E-state index >= 15 is 0 Å². The van der Waals surface area contributed by atoms with E-state index in [9.17, 15) is 14.5 Å². The van der Waals surface area contributed by atoms with E-state index in [1.165, 1.54) is 42.7 Å². The van der Waals surface area contributed by atoms with Crippen LogP contribution in [0.4, 0.5) is 0 Å². The molecule has 1 aromatic carbocycles. The molecule has 1 aliphatic rings. The molecule has 0 radical (unpaired) electrons. The average molecular weight is 630 g/mol. The van der Waals surface area contributed by atoms with Crippen molar-refractivity contribution in [3.8, 4) is 11.8 Å². The van der Waals surface area contributed by atoms with E-state index < -0.39 is 11.9 Å². The summed E-state index contributed by atoms with van der Waals surface area (Å²) in [6.45, 7) is 10.2. The monoisotopic (exact) mass is 629 g/mol. The first kappa shape index (κ1) is 35.6. The van der Waals surface area contributed by atoms with Gasteiger partial charge in [0.15, 0.2) is 0 Å². The molecule has 2 atom stereocenters. The van der Waals surface area contributed by atoms with Gasteiger partial charge in [-0.25, -0.2) is 0 Å². The molecule has 2 unspecified atom stereocenters. The molecule has 1 aromatic heterocycles. The summed E-state index contributed by atoms with van der Waals surface area (Å²) < 4.78 is 2.18. The van der Waals surface area contributed by atoms with Crippen LogP contribution >= 0.6 is 12.6 Å². The van der Waals surface area contributed by atoms with Gasteiger partial charge in [-0.1, -0.05) is 63.8 Å². The number of aryl methyl sites for hydroxylation is 1. The Bertz CT molecular complexity index is 1580. The summed E-state index contributed by atoms with van der Waals surface area (Å²) >= 11 is 4.93. The topological polar surface area (TPSA) is 108 Å². The number of benzene rings is 1. The van der Waals surface area contributed by atoms with Gasteiger partial charge in [0.05, 0.1) is 29.7 Å². The molecule has 2 aromatic rings. The quantitative estimate of drug-likeness (QED) is 0.0738. The van der Waals surface area contributed by atoms with Crippen LogP contribution in [-0.2, 0) is 11.8 Å². The van der Waals surface area contributed by atoms with Crippen LogP contribution < -0.4 is 5.32 Å². The SMILES string of the molecule is C/C=C(\C#CC(C)/C=C/C(=O)N=O)N(C)CC(=N)C(CC)NC(=O)c1ccc2c(C3CCCC3)c(/C(S)=C/C(C)C)n(C)c2c1. The summed E-state index contributed by atoms with van der Waals surface area (Å²) in [6, 6.07) is 5.50. The lowest BCUT2D eigenvalue weighted by Crippen LogP contribution is -2.44. The van der Waals surface area contributed by atoms with E-state index in [4.69, 9.17) is 18.0 Å². The number of hydrogen-bond acceptors (Lipinski definition) is 6. The van der Waals surface area contributed by atoms with E-state index in [-0.39, 0.29) is 18.4 Å². The maximum absolute atomic E-state index is 13.5. The Balaban J connectivity index is 1.80. The fourth-order valence-corrected chi connectivity index (χ4v) is 6.52. The van der Waals surface area contributed by atoms with Gasteiger partial charge in [-0.05, 0) is 68.6 Å². The normalized spacial score (nSPS) is 15.7. The third-order valence-corrected chi connectivity index (χ3v) is 8.63. The van der Waals surface area contributed by atoms with Crippen LogP contribution in [0, 0.1) is 34.0 Å². The van der Waals surface area contributed by atoms with Gasteiger partial charge in [0, 0.05) is 52.6 Å². The van der Waals surface area contributed by atoms with Crippen molar-refractivity contribution in [2.75, 3.05) is 13.6 Å². The number of amides is 2. The minimum absolute atomic E-state index is 0.212. The highest BCUT2D eigenvalue weighted by atomic mass is 32.1. The summed E-state index contributed by atoms with van der Waals surface area (Å²) in [5, 5.41) is 15.4. The largest absolute Gasteiger partial charge is 0.362 e. The Morgan fingerprint density at radius 1 is 1.24 bits per heavy atom. The lowest BCUT2D eigenvalue weighted by atomic mass is 9.93. The summed E-state index contributed by atoms with van der Waals surface area (Å²) in [5.74, 6) is 5.64. The molecular weight excluding hydrogens is 582 g/mol. The summed E-state index contributed by atoms with van der Waals surface area (Å²) in [5.41, 5.74) is 5.13. The van der Waals surface area contributed by atoms with Crippen molar-refractivity contribution in [1.82, 2.24) is 14.8 Å². The first-order valence-electron chi connectivity index (χ1n) is 15.8. The van der Waals surface area contributed by atoms with E-state index in [0.29, 0.717) is 35.2 Å². The molecule has 1 fully saturated rings. The van der Waals surface area contributed by atoms with Gasteiger partial charge in [0.2, 0.25) is 0 Å². The highest BCUT2D eigenvalue weighted by molar-refractivity contribution is 7.90. The lowest BCUT2D eigenvalue weighted by Gasteiger charge is -2.24. The Kier molecular flexibility index (Phi) is 13.0. The van der Waals surface area contributed by atoms with Crippen molar-refractivity contribution in [3.05, 3.63) is 69.9 Å². The predicted molar refractivity (Wildman–Crippen MR) is 188 cm³/mol. The molecule has 8 nitrogen and oxygen atoms in total. The summed E-state index contributed by atoms with van der Waals surface area (Å²) in [7, 11) is 3.91. The molecule has 3 rings (SSSR count). The van der Waals surface area contributed by atoms with Crippen LogP contribution in [0.15, 0.2) is 53.4 Å². The van der Waals surface area contributed by atoms with Crippen LogP contribution in [0.2, 0.25) is 0 Å². The van der Waals surface area contributed by atoms with Crippen LogP contribution in [0.5, 0.6) is 0 Å². The van der Waals surface area contributed by atoms with Gasteiger partial charge in [-0.3, -0.25) is 9.59 Å². The zero-order valence-corrected chi connectivity index (χ0v) is 28.5.